The third-order valence-corrected chi connectivity index (χ3v) is 3.96. The largest absolute Gasteiger partial charge is 0.399 e. The highest BCUT2D eigenvalue weighted by atomic mass is 16.6. The predicted octanol–water partition coefficient (Wildman–Crippen LogP) is 1.41. The quantitative estimate of drug-likeness (QED) is 0.497. The second-order valence-electron chi connectivity index (χ2n) is 5.40. The van der Waals surface area contributed by atoms with Gasteiger partial charge < -0.3 is 15.7 Å². The van der Waals surface area contributed by atoms with Gasteiger partial charge in [0.15, 0.2) is 0 Å². The van der Waals surface area contributed by atoms with E-state index in [1.807, 2.05) is 0 Å². The molecule has 0 aromatic heterocycles. The first-order valence-corrected chi connectivity index (χ1v) is 6.91. The number of nitrogens with zero attached hydrogens (tertiary/aromatic N) is 2. The smallest absolute Gasteiger partial charge is 0.282 e. The third kappa shape index (κ3) is 3.30. The van der Waals surface area contributed by atoms with Crippen molar-refractivity contribution in [2.75, 3.05) is 18.8 Å². The maximum Gasteiger partial charge on any atom is 0.282 e. The van der Waals surface area contributed by atoms with Gasteiger partial charge in [-0.15, -0.1) is 0 Å². The number of rotatable bonds is 3. The van der Waals surface area contributed by atoms with Gasteiger partial charge in [-0.3, -0.25) is 14.9 Å². The molecule has 0 saturated carbocycles. The normalized spacial score (nSPS) is 17.5. The predicted molar refractivity (Wildman–Crippen MR) is 77.8 cm³/mol. The van der Waals surface area contributed by atoms with E-state index in [1.165, 1.54) is 18.2 Å². The molecule has 1 fully saturated rings. The first-order valence-electron chi connectivity index (χ1n) is 6.91. The standard InChI is InChI=1S/C14H19N3O4/c1-9(18)10-4-6-16(7-5-10)14(19)12-8-11(15)2-3-13(12)17(20)21/h2-3,8-10,18H,4-7,15H2,1H3. The molecule has 114 valence electrons. The van der Waals surface area contributed by atoms with E-state index in [0.717, 1.165) is 0 Å². The molecule has 7 heteroatoms. The highest BCUT2D eigenvalue weighted by molar-refractivity contribution is 5.99. The van der Waals surface area contributed by atoms with Gasteiger partial charge in [-0.05, 0) is 37.8 Å². The number of piperidine rings is 1. The van der Waals surface area contributed by atoms with Crippen molar-refractivity contribution < 1.29 is 14.8 Å². The molecule has 0 radical (unpaired) electrons. The highest BCUT2D eigenvalue weighted by Gasteiger charge is 2.29. The van der Waals surface area contributed by atoms with E-state index in [2.05, 4.69) is 0 Å². The van der Waals surface area contributed by atoms with Crippen LogP contribution in [0.15, 0.2) is 18.2 Å². The van der Waals surface area contributed by atoms with Crippen LogP contribution in [0.5, 0.6) is 0 Å². The lowest BCUT2D eigenvalue weighted by Gasteiger charge is -2.33. The zero-order valence-electron chi connectivity index (χ0n) is 11.9. The molecule has 0 spiro atoms. The van der Waals surface area contributed by atoms with E-state index in [0.29, 0.717) is 31.6 Å². The van der Waals surface area contributed by atoms with Crippen molar-refractivity contribution in [1.29, 1.82) is 0 Å². The van der Waals surface area contributed by atoms with Gasteiger partial charge in [0, 0.05) is 24.8 Å². The highest BCUT2D eigenvalue weighted by Crippen LogP contribution is 2.26. The maximum atomic E-state index is 12.5. The molecule has 1 amide bonds. The number of likely N-dealkylation sites (tertiary alicyclic amines) is 1. The molecule has 0 bridgehead atoms. The van der Waals surface area contributed by atoms with Gasteiger partial charge in [0.25, 0.3) is 11.6 Å². The number of hydrogen-bond acceptors (Lipinski definition) is 5. The SMILES string of the molecule is CC(O)C1CCN(C(=O)c2cc(N)ccc2[N+](=O)[O-])CC1. The Bertz CT molecular complexity index is 551. The van der Waals surface area contributed by atoms with Crippen molar-refractivity contribution in [3.05, 3.63) is 33.9 Å². The monoisotopic (exact) mass is 293 g/mol. The number of nitro groups is 1. The summed E-state index contributed by atoms with van der Waals surface area (Å²) in [7, 11) is 0. The van der Waals surface area contributed by atoms with E-state index in [4.69, 9.17) is 5.73 Å². The number of nitrogen functional groups attached to an aromatic ring is 1. The number of anilines is 1. The molecule has 2 rings (SSSR count). The Morgan fingerprint density at radius 1 is 1.48 bits per heavy atom. The topological polar surface area (TPSA) is 110 Å². The average Bonchev–Trinajstić information content (AvgIpc) is 2.46. The molecular formula is C14H19N3O4. The molecule has 1 aliphatic heterocycles. The Morgan fingerprint density at radius 2 is 2.10 bits per heavy atom. The lowest BCUT2D eigenvalue weighted by atomic mass is 9.92. The number of aliphatic hydroxyl groups excluding tert-OH is 1. The number of hydrogen-bond donors (Lipinski definition) is 2. The van der Waals surface area contributed by atoms with Crippen LogP contribution in [0.3, 0.4) is 0 Å². The van der Waals surface area contributed by atoms with Gasteiger partial charge in [0.1, 0.15) is 5.56 Å². The summed E-state index contributed by atoms with van der Waals surface area (Å²) in [6.45, 7) is 2.71. The van der Waals surface area contributed by atoms with Gasteiger partial charge in [0.05, 0.1) is 11.0 Å². The number of aliphatic hydroxyl groups is 1. The summed E-state index contributed by atoms with van der Waals surface area (Å²) in [6.07, 6.45) is 0.989. The fourth-order valence-corrected chi connectivity index (χ4v) is 2.64. The van der Waals surface area contributed by atoms with Crippen molar-refractivity contribution >= 4 is 17.3 Å². The van der Waals surface area contributed by atoms with Gasteiger partial charge >= 0.3 is 0 Å². The fraction of sp³-hybridized carbons (Fsp3) is 0.500. The van der Waals surface area contributed by atoms with Crippen LogP contribution in [-0.4, -0.2) is 40.0 Å². The zero-order chi connectivity index (χ0) is 15.6. The van der Waals surface area contributed by atoms with E-state index >= 15 is 0 Å². The summed E-state index contributed by atoms with van der Waals surface area (Å²) in [5.41, 5.74) is 5.75. The van der Waals surface area contributed by atoms with Crippen LogP contribution < -0.4 is 5.73 Å². The minimum absolute atomic E-state index is 0.0236. The van der Waals surface area contributed by atoms with E-state index in [-0.39, 0.29) is 23.1 Å². The zero-order valence-corrected chi connectivity index (χ0v) is 11.9. The molecule has 7 nitrogen and oxygen atoms in total. The molecule has 1 aromatic rings. The Labute approximate surface area is 122 Å². The van der Waals surface area contributed by atoms with Crippen molar-refractivity contribution in [3.8, 4) is 0 Å². The molecule has 3 N–H and O–H groups in total. The number of carbonyl (C=O) groups excluding carboxylic acids is 1. The minimum Gasteiger partial charge on any atom is -0.399 e. The minimum atomic E-state index is -0.574. The van der Waals surface area contributed by atoms with E-state index in [1.54, 1.807) is 11.8 Å². The summed E-state index contributed by atoms with van der Waals surface area (Å²) in [6, 6.07) is 4.01. The first kappa shape index (κ1) is 15.2. The number of nitro benzene ring substituents is 1. The lowest BCUT2D eigenvalue weighted by molar-refractivity contribution is -0.385. The summed E-state index contributed by atoms with van der Waals surface area (Å²) < 4.78 is 0. The van der Waals surface area contributed by atoms with Crippen LogP contribution in [0.4, 0.5) is 11.4 Å². The van der Waals surface area contributed by atoms with Crippen molar-refractivity contribution in [3.63, 3.8) is 0 Å². The van der Waals surface area contributed by atoms with Crippen LogP contribution in [0.25, 0.3) is 0 Å². The number of nitrogens with two attached hydrogens (primary N) is 1. The molecule has 1 aromatic carbocycles. The number of carbonyl (C=O) groups is 1. The second kappa shape index (κ2) is 6.09. The lowest BCUT2D eigenvalue weighted by Crippen LogP contribution is -2.40. The third-order valence-electron chi connectivity index (χ3n) is 3.96. The Hall–Kier alpha value is -2.15. The van der Waals surface area contributed by atoms with Crippen LogP contribution >= 0.6 is 0 Å². The van der Waals surface area contributed by atoms with Crippen molar-refractivity contribution in [2.45, 2.75) is 25.9 Å². The molecule has 1 saturated heterocycles. The van der Waals surface area contributed by atoms with Gasteiger partial charge in [-0.2, -0.15) is 0 Å². The van der Waals surface area contributed by atoms with E-state index in [9.17, 15) is 20.0 Å². The van der Waals surface area contributed by atoms with Crippen LogP contribution in [0.2, 0.25) is 0 Å². The van der Waals surface area contributed by atoms with E-state index < -0.39 is 11.0 Å². The number of benzene rings is 1. The summed E-state index contributed by atoms with van der Waals surface area (Å²) in [5.74, 6) is -0.206. The maximum absolute atomic E-state index is 12.5. The van der Waals surface area contributed by atoms with Crippen molar-refractivity contribution in [2.24, 2.45) is 5.92 Å². The first-order chi connectivity index (χ1) is 9.90. The van der Waals surface area contributed by atoms with Crippen LogP contribution in [-0.2, 0) is 0 Å². The molecule has 1 atom stereocenters. The van der Waals surface area contributed by atoms with Crippen LogP contribution in [0.1, 0.15) is 30.1 Å². The fourth-order valence-electron chi connectivity index (χ4n) is 2.64. The Balaban J connectivity index is 2.18. The summed E-state index contributed by atoms with van der Waals surface area (Å²) >= 11 is 0. The van der Waals surface area contributed by atoms with Gasteiger partial charge in [0.2, 0.25) is 0 Å². The van der Waals surface area contributed by atoms with Gasteiger partial charge in [-0.1, -0.05) is 0 Å². The molecule has 1 unspecified atom stereocenters. The molecule has 1 heterocycles. The van der Waals surface area contributed by atoms with Crippen LogP contribution in [0, 0.1) is 16.0 Å². The number of amides is 1. The molecule has 21 heavy (non-hydrogen) atoms. The second-order valence-corrected chi connectivity index (χ2v) is 5.40. The Kier molecular flexibility index (Phi) is 4.42. The molecule has 0 aliphatic carbocycles. The average molecular weight is 293 g/mol. The van der Waals surface area contributed by atoms with Gasteiger partial charge in [-0.25, -0.2) is 0 Å². The molecule has 1 aliphatic rings. The van der Waals surface area contributed by atoms with Crippen molar-refractivity contribution in [1.82, 2.24) is 4.90 Å². The summed E-state index contributed by atoms with van der Waals surface area (Å²) in [4.78, 5) is 24.5. The molecular weight excluding hydrogens is 274 g/mol. The Morgan fingerprint density at radius 3 is 2.62 bits per heavy atom. The summed E-state index contributed by atoms with van der Waals surface area (Å²) in [5, 5.41) is 20.6.